The smallest absolute Gasteiger partial charge is 0.255 e. The van der Waals surface area contributed by atoms with Crippen LogP contribution in [0, 0.1) is 24.7 Å². The number of likely N-dealkylation sites (tertiary alicyclic amines) is 2. The van der Waals surface area contributed by atoms with E-state index in [0.717, 1.165) is 65.0 Å². The molecule has 0 saturated carbocycles. The van der Waals surface area contributed by atoms with Gasteiger partial charge in [0.25, 0.3) is 5.91 Å². The third-order valence-electron chi connectivity index (χ3n) is 7.55. The van der Waals surface area contributed by atoms with Crippen molar-refractivity contribution in [2.75, 3.05) is 33.2 Å². The lowest BCUT2D eigenvalue weighted by Crippen LogP contribution is -2.31. The molecule has 0 radical (unpaired) electrons. The molecule has 6 rings (SSSR count). The van der Waals surface area contributed by atoms with Gasteiger partial charge in [0.05, 0.1) is 5.70 Å². The van der Waals surface area contributed by atoms with Crippen molar-refractivity contribution in [1.82, 2.24) is 19.7 Å². The van der Waals surface area contributed by atoms with Crippen molar-refractivity contribution in [2.45, 2.75) is 20.3 Å². The zero-order chi connectivity index (χ0) is 22.7. The van der Waals surface area contributed by atoms with Gasteiger partial charge in [0.2, 0.25) is 0 Å². The Morgan fingerprint density at radius 2 is 1.82 bits per heavy atom. The van der Waals surface area contributed by atoms with Crippen LogP contribution >= 0.6 is 0 Å². The summed E-state index contributed by atoms with van der Waals surface area (Å²) in [6.07, 6.45) is 11.2. The molecule has 4 aliphatic rings. The molecule has 0 bridgehead atoms. The second-order valence-electron chi connectivity index (χ2n) is 10.0. The standard InChI is InChI=1S/C27H30N4O2/c1-17-4-6-22-7-8-23(30-14-20-12-29(3)13-21(20)15-30)16-31(22)27(32)11-24(17)19-5-9-25-26(10-19)33-18(2)28-25/h5-11,16-17,20-21H,4,12-15H2,1-3H3/t17?,20-,21+. The van der Waals surface area contributed by atoms with E-state index in [1.807, 2.05) is 42.3 Å². The summed E-state index contributed by atoms with van der Waals surface area (Å²) in [7, 11) is 2.21. The third kappa shape index (κ3) is 3.62. The molecule has 1 amide bonds. The molecular formula is C27H30N4O2. The van der Waals surface area contributed by atoms with Gasteiger partial charge in [0.15, 0.2) is 11.5 Å². The molecule has 6 nitrogen and oxygen atoms in total. The predicted octanol–water partition coefficient (Wildman–Crippen LogP) is 4.18. The number of nitrogens with zero attached hydrogens (tertiary/aromatic N) is 4. The maximum absolute atomic E-state index is 13.5. The molecule has 4 aliphatic heterocycles. The van der Waals surface area contributed by atoms with Gasteiger partial charge in [-0.1, -0.05) is 19.1 Å². The molecule has 0 spiro atoms. The van der Waals surface area contributed by atoms with Gasteiger partial charge in [-0.3, -0.25) is 9.69 Å². The molecule has 0 aliphatic carbocycles. The Balaban J connectivity index is 1.29. The van der Waals surface area contributed by atoms with Crippen LogP contribution in [0.2, 0.25) is 0 Å². The maximum Gasteiger partial charge on any atom is 0.255 e. The second-order valence-corrected chi connectivity index (χ2v) is 10.0. The van der Waals surface area contributed by atoms with Crippen molar-refractivity contribution in [1.29, 1.82) is 0 Å². The Hall–Kier alpha value is -3.12. The number of benzene rings is 1. The molecule has 0 N–H and O–H groups in total. The highest BCUT2D eigenvalue weighted by molar-refractivity contribution is 5.98. The fourth-order valence-corrected chi connectivity index (χ4v) is 5.84. The minimum absolute atomic E-state index is 0.00220. The number of aryl methyl sites for hydroxylation is 1. The number of amides is 1. The number of hydrogen-bond donors (Lipinski definition) is 0. The summed E-state index contributed by atoms with van der Waals surface area (Å²) in [6, 6.07) is 6.03. The number of rotatable bonds is 2. The number of fused-ring (bicyclic) bond motifs is 3. The predicted molar refractivity (Wildman–Crippen MR) is 129 cm³/mol. The molecule has 1 aromatic carbocycles. The Labute approximate surface area is 194 Å². The lowest BCUT2D eigenvalue weighted by Gasteiger charge is -2.30. The van der Waals surface area contributed by atoms with Gasteiger partial charge >= 0.3 is 0 Å². The number of carbonyl (C=O) groups excluding carboxylic acids is 1. The van der Waals surface area contributed by atoms with Gasteiger partial charge < -0.3 is 14.2 Å². The molecule has 6 heteroatoms. The summed E-state index contributed by atoms with van der Waals surface area (Å²) in [4.78, 5) is 24.6. The summed E-state index contributed by atoms with van der Waals surface area (Å²) in [6.45, 7) is 8.51. The zero-order valence-electron chi connectivity index (χ0n) is 19.5. The highest BCUT2D eigenvalue weighted by Gasteiger charge is 2.39. The van der Waals surface area contributed by atoms with E-state index in [-0.39, 0.29) is 11.8 Å². The van der Waals surface area contributed by atoms with Crippen molar-refractivity contribution < 1.29 is 9.21 Å². The average Bonchev–Trinajstić information content (AvgIpc) is 3.45. The number of hydrogen-bond acceptors (Lipinski definition) is 5. The van der Waals surface area contributed by atoms with Gasteiger partial charge in [-0.05, 0) is 66.6 Å². The Bertz CT molecular complexity index is 1240. The van der Waals surface area contributed by atoms with Crippen molar-refractivity contribution in [2.24, 2.45) is 17.8 Å². The van der Waals surface area contributed by atoms with Crippen LogP contribution in [0.1, 0.15) is 24.8 Å². The topological polar surface area (TPSA) is 52.8 Å². The van der Waals surface area contributed by atoms with Gasteiger partial charge in [0.1, 0.15) is 5.52 Å². The quantitative estimate of drug-likeness (QED) is 0.699. The number of aromatic nitrogens is 1. The highest BCUT2D eigenvalue weighted by Crippen LogP contribution is 2.36. The van der Waals surface area contributed by atoms with Gasteiger partial charge in [-0.25, -0.2) is 4.98 Å². The zero-order valence-corrected chi connectivity index (χ0v) is 19.5. The number of allylic oxidation sites excluding steroid dienone is 4. The van der Waals surface area contributed by atoms with Crippen LogP contribution in [0.4, 0.5) is 0 Å². The lowest BCUT2D eigenvalue weighted by molar-refractivity contribution is -0.122. The van der Waals surface area contributed by atoms with Crippen LogP contribution in [0.3, 0.4) is 0 Å². The first kappa shape index (κ1) is 20.5. The maximum atomic E-state index is 13.5. The van der Waals surface area contributed by atoms with Crippen molar-refractivity contribution >= 4 is 22.6 Å². The molecule has 5 heterocycles. The van der Waals surface area contributed by atoms with Crippen LogP contribution in [0.5, 0.6) is 0 Å². The Morgan fingerprint density at radius 1 is 1.06 bits per heavy atom. The highest BCUT2D eigenvalue weighted by atomic mass is 16.3. The minimum Gasteiger partial charge on any atom is -0.441 e. The van der Waals surface area contributed by atoms with Gasteiger partial charge in [-0.15, -0.1) is 0 Å². The first-order chi connectivity index (χ1) is 15.9. The molecule has 2 saturated heterocycles. The molecule has 3 atom stereocenters. The fourth-order valence-electron chi connectivity index (χ4n) is 5.84. The normalized spacial score (nSPS) is 27.8. The first-order valence-electron chi connectivity index (χ1n) is 11.9. The largest absolute Gasteiger partial charge is 0.441 e. The monoisotopic (exact) mass is 442 g/mol. The van der Waals surface area contributed by atoms with E-state index >= 15 is 0 Å². The van der Waals surface area contributed by atoms with E-state index in [1.165, 1.54) is 13.1 Å². The summed E-state index contributed by atoms with van der Waals surface area (Å²) in [5.74, 6) is 2.33. The molecule has 33 heavy (non-hydrogen) atoms. The number of carbonyl (C=O) groups is 1. The van der Waals surface area contributed by atoms with Crippen molar-refractivity contribution in [3.05, 3.63) is 71.6 Å². The first-order valence-corrected chi connectivity index (χ1v) is 11.9. The van der Waals surface area contributed by atoms with Crippen LogP contribution in [-0.4, -0.2) is 58.8 Å². The summed E-state index contributed by atoms with van der Waals surface area (Å²) >= 11 is 0. The Kier molecular flexibility index (Phi) is 4.80. The van der Waals surface area contributed by atoms with Crippen molar-refractivity contribution in [3.63, 3.8) is 0 Å². The summed E-state index contributed by atoms with van der Waals surface area (Å²) in [5, 5.41) is 0. The van der Waals surface area contributed by atoms with Crippen LogP contribution in [0.15, 0.2) is 64.5 Å². The Morgan fingerprint density at radius 3 is 2.61 bits per heavy atom. The van der Waals surface area contributed by atoms with E-state index in [4.69, 9.17) is 4.42 Å². The molecule has 2 fully saturated rings. The van der Waals surface area contributed by atoms with Crippen molar-refractivity contribution in [3.8, 4) is 0 Å². The second kappa shape index (κ2) is 7.73. The number of oxazole rings is 1. The summed E-state index contributed by atoms with van der Waals surface area (Å²) < 4.78 is 5.74. The lowest BCUT2D eigenvalue weighted by atomic mass is 9.89. The van der Waals surface area contributed by atoms with E-state index in [0.29, 0.717) is 5.89 Å². The SMILES string of the molecule is Cc1nc2ccc(C3=CC(=O)N4C=C(N5C[C@H]6CN(C)C[C@H]6C5)C=CC4=CCC3C)cc2o1. The van der Waals surface area contributed by atoms with Crippen LogP contribution in [0.25, 0.3) is 16.7 Å². The third-order valence-corrected chi connectivity index (χ3v) is 7.55. The minimum atomic E-state index is -0.00220. The van der Waals surface area contributed by atoms with E-state index in [1.54, 1.807) is 0 Å². The molecular weight excluding hydrogens is 412 g/mol. The van der Waals surface area contributed by atoms with E-state index < -0.39 is 0 Å². The van der Waals surface area contributed by atoms with Gasteiger partial charge in [0, 0.05) is 51.1 Å². The fraction of sp³-hybridized carbons (Fsp3) is 0.407. The van der Waals surface area contributed by atoms with Gasteiger partial charge in [-0.2, -0.15) is 0 Å². The van der Waals surface area contributed by atoms with E-state index in [9.17, 15) is 4.79 Å². The molecule has 1 unspecified atom stereocenters. The summed E-state index contributed by atoms with van der Waals surface area (Å²) in [5.41, 5.74) is 5.77. The van der Waals surface area contributed by atoms with E-state index in [2.05, 4.69) is 47.0 Å². The molecule has 1 aromatic heterocycles. The van der Waals surface area contributed by atoms with Crippen LogP contribution < -0.4 is 0 Å². The molecule has 2 aromatic rings. The van der Waals surface area contributed by atoms with Crippen LogP contribution in [-0.2, 0) is 4.79 Å². The molecule has 170 valence electrons. The average molecular weight is 443 g/mol.